The second-order valence-electron chi connectivity index (χ2n) is 5.46. The third-order valence-electron chi connectivity index (χ3n) is 3.80. The summed E-state index contributed by atoms with van der Waals surface area (Å²) in [5.74, 6) is 0.119. The summed E-state index contributed by atoms with van der Waals surface area (Å²) < 4.78 is 0. The molecule has 1 aromatic rings. The summed E-state index contributed by atoms with van der Waals surface area (Å²) in [6.45, 7) is 4.27. The van der Waals surface area contributed by atoms with Crippen LogP contribution in [0, 0.1) is 16.7 Å². The van der Waals surface area contributed by atoms with E-state index in [0.717, 1.165) is 30.7 Å². The maximum Gasteiger partial charge on any atom is 0.115 e. The third-order valence-corrected chi connectivity index (χ3v) is 3.80. The number of nitrogens with one attached hydrogen (secondary N) is 1. The Hall–Kier alpha value is -1.29. The van der Waals surface area contributed by atoms with Gasteiger partial charge in [0.05, 0.1) is 11.7 Å². The van der Waals surface area contributed by atoms with Crippen LogP contribution in [-0.2, 0) is 0 Å². The molecule has 0 spiro atoms. The molecule has 0 amide bonds. The van der Waals surface area contributed by atoms with Gasteiger partial charge >= 0.3 is 0 Å². The van der Waals surface area contributed by atoms with Gasteiger partial charge in [-0.25, -0.2) is 9.97 Å². The molecule has 2 unspecified atom stereocenters. The smallest absolute Gasteiger partial charge is 0.115 e. The van der Waals surface area contributed by atoms with Gasteiger partial charge in [-0.05, 0) is 18.9 Å². The molecule has 3 N–H and O–H groups in total. The lowest BCUT2D eigenvalue weighted by Crippen LogP contribution is -2.40. The molecule has 17 heavy (non-hydrogen) atoms. The Morgan fingerprint density at radius 3 is 2.94 bits per heavy atom. The maximum atomic E-state index is 8.30. The second-order valence-corrected chi connectivity index (χ2v) is 5.46. The summed E-state index contributed by atoms with van der Waals surface area (Å²) in [7, 11) is 0. The summed E-state index contributed by atoms with van der Waals surface area (Å²) >= 11 is 0. The van der Waals surface area contributed by atoms with Crippen LogP contribution >= 0.6 is 0 Å². The average Bonchev–Trinajstić information content (AvgIpc) is 2.33. The molecule has 1 aliphatic rings. The van der Waals surface area contributed by atoms with Crippen molar-refractivity contribution in [2.45, 2.75) is 39.2 Å². The van der Waals surface area contributed by atoms with E-state index in [9.17, 15) is 0 Å². The van der Waals surface area contributed by atoms with Crippen LogP contribution in [0.5, 0.6) is 0 Å². The van der Waals surface area contributed by atoms with Gasteiger partial charge in [-0.1, -0.05) is 20.3 Å². The van der Waals surface area contributed by atoms with Crippen LogP contribution < -0.4 is 5.73 Å². The molecule has 0 aromatic carbocycles. The predicted octanol–water partition coefficient (Wildman–Crippen LogP) is 2.32. The lowest BCUT2D eigenvalue weighted by molar-refractivity contribution is 0.331. The molecule has 1 fully saturated rings. The van der Waals surface area contributed by atoms with Gasteiger partial charge in [0, 0.05) is 23.2 Å². The SMILES string of the molecule is CC1(C)CCCC(C(N)c2ccncn2)C1=N. The Morgan fingerprint density at radius 1 is 1.53 bits per heavy atom. The first kappa shape index (κ1) is 12.2. The first-order chi connectivity index (χ1) is 8.02. The van der Waals surface area contributed by atoms with Crippen LogP contribution in [0.1, 0.15) is 44.8 Å². The van der Waals surface area contributed by atoms with Crippen molar-refractivity contribution in [1.29, 1.82) is 5.41 Å². The van der Waals surface area contributed by atoms with E-state index in [1.165, 1.54) is 6.33 Å². The fraction of sp³-hybridized carbons (Fsp3) is 0.615. The average molecular weight is 232 g/mol. The third kappa shape index (κ3) is 2.36. The minimum atomic E-state index is -0.176. The Morgan fingerprint density at radius 2 is 2.29 bits per heavy atom. The summed E-state index contributed by atoms with van der Waals surface area (Å²) in [5, 5.41) is 8.30. The topological polar surface area (TPSA) is 75.7 Å². The van der Waals surface area contributed by atoms with Gasteiger partial charge in [0.25, 0.3) is 0 Å². The summed E-state index contributed by atoms with van der Waals surface area (Å²) in [6.07, 6.45) is 6.44. The van der Waals surface area contributed by atoms with Crippen molar-refractivity contribution in [3.63, 3.8) is 0 Å². The van der Waals surface area contributed by atoms with Crippen molar-refractivity contribution in [3.8, 4) is 0 Å². The van der Waals surface area contributed by atoms with Crippen LogP contribution in [0.25, 0.3) is 0 Å². The zero-order valence-electron chi connectivity index (χ0n) is 10.5. The molecule has 92 valence electrons. The van der Waals surface area contributed by atoms with E-state index in [-0.39, 0.29) is 17.4 Å². The predicted molar refractivity (Wildman–Crippen MR) is 67.8 cm³/mol. The molecule has 0 saturated heterocycles. The number of rotatable bonds is 2. The molecule has 4 nitrogen and oxygen atoms in total. The van der Waals surface area contributed by atoms with Crippen LogP contribution in [0.15, 0.2) is 18.6 Å². The van der Waals surface area contributed by atoms with Crippen LogP contribution in [0.3, 0.4) is 0 Å². The first-order valence-electron chi connectivity index (χ1n) is 6.13. The normalized spacial score (nSPS) is 25.6. The molecule has 1 aromatic heterocycles. The Balaban J connectivity index is 2.20. The van der Waals surface area contributed by atoms with E-state index >= 15 is 0 Å². The number of nitrogens with zero attached hydrogens (tertiary/aromatic N) is 2. The molecule has 0 aliphatic heterocycles. The molecule has 2 rings (SSSR count). The van der Waals surface area contributed by atoms with Gasteiger partial charge in [0.1, 0.15) is 6.33 Å². The minimum absolute atomic E-state index is 0.0203. The van der Waals surface area contributed by atoms with E-state index < -0.39 is 0 Å². The lowest BCUT2D eigenvalue weighted by Gasteiger charge is -2.38. The second kappa shape index (κ2) is 4.53. The van der Waals surface area contributed by atoms with Crippen molar-refractivity contribution in [2.75, 3.05) is 0 Å². The van der Waals surface area contributed by atoms with Gasteiger partial charge in [-0.3, -0.25) is 0 Å². The first-order valence-corrected chi connectivity index (χ1v) is 6.13. The maximum absolute atomic E-state index is 8.30. The van der Waals surface area contributed by atoms with Crippen molar-refractivity contribution >= 4 is 5.71 Å². The van der Waals surface area contributed by atoms with Gasteiger partial charge < -0.3 is 11.1 Å². The zero-order chi connectivity index (χ0) is 12.5. The lowest BCUT2D eigenvalue weighted by atomic mass is 9.68. The molecule has 1 saturated carbocycles. The van der Waals surface area contributed by atoms with E-state index in [1.54, 1.807) is 6.20 Å². The monoisotopic (exact) mass is 232 g/mol. The molecule has 0 bridgehead atoms. The molecular weight excluding hydrogens is 212 g/mol. The van der Waals surface area contributed by atoms with Gasteiger partial charge in [-0.2, -0.15) is 0 Å². The van der Waals surface area contributed by atoms with Gasteiger partial charge in [0.15, 0.2) is 0 Å². The number of hydrogen-bond acceptors (Lipinski definition) is 4. The zero-order valence-corrected chi connectivity index (χ0v) is 10.5. The van der Waals surface area contributed by atoms with E-state index in [4.69, 9.17) is 11.1 Å². The standard InChI is InChI=1S/C13H20N4/c1-13(2)6-3-4-9(12(13)15)11(14)10-5-7-16-8-17-10/h5,7-9,11,15H,3-4,6,14H2,1-2H3. The highest BCUT2D eigenvalue weighted by molar-refractivity contribution is 5.90. The van der Waals surface area contributed by atoms with Crippen molar-refractivity contribution in [1.82, 2.24) is 9.97 Å². The fourth-order valence-corrected chi connectivity index (χ4v) is 2.61. The molecule has 2 atom stereocenters. The highest BCUT2D eigenvalue weighted by Gasteiger charge is 2.37. The van der Waals surface area contributed by atoms with Gasteiger partial charge in [0.2, 0.25) is 0 Å². The number of nitrogens with two attached hydrogens (primary N) is 1. The summed E-state index contributed by atoms with van der Waals surface area (Å²) in [6, 6.07) is 1.67. The fourth-order valence-electron chi connectivity index (χ4n) is 2.61. The van der Waals surface area contributed by atoms with Crippen LogP contribution in [-0.4, -0.2) is 15.7 Å². The van der Waals surface area contributed by atoms with Crippen molar-refractivity contribution in [2.24, 2.45) is 17.1 Å². The Kier molecular flexibility index (Phi) is 3.24. The highest BCUT2D eigenvalue weighted by atomic mass is 14.9. The summed E-state index contributed by atoms with van der Waals surface area (Å²) in [5.41, 5.74) is 7.84. The molecule has 1 aliphatic carbocycles. The quantitative estimate of drug-likeness (QED) is 0.821. The molecular formula is C13H20N4. The number of aromatic nitrogens is 2. The van der Waals surface area contributed by atoms with Crippen molar-refractivity contribution < 1.29 is 0 Å². The van der Waals surface area contributed by atoms with E-state index in [1.807, 2.05) is 6.07 Å². The Bertz CT molecular complexity index is 399. The largest absolute Gasteiger partial charge is 0.322 e. The van der Waals surface area contributed by atoms with Crippen LogP contribution in [0.4, 0.5) is 0 Å². The van der Waals surface area contributed by atoms with E-state index in [2.05, 4.69) is 23.8 Å². The van der Waals surface area contributed by atoms with Crippen molar-refractivity contribution in [3.05, 3.63) is 24.3 Å². The summed E-state index contributed by atoms with van der Waals surface area (Å²) in [4.78, 5) is 8.10. The molecule has 1 heterocycles. The van der Waals surface area contributed by atoms with Crippen LogP contribution in [0.2, 0.25) is 0 Å². The Labute approximate surface area is 102 Å². The van der Waals surface area contributed by atoms with Gasteiger partial charge in [-0.15, -0.1) is 0 Å². The van der Waals surface area contributed by atoms with E-state index in [0.29, 0.717) is 0 Å². The minimum Gasteiger partial charge on any atom is -0.322 e. The highest BCUT2D eigenvalue weighted by Crippen LogP contribution is 2.39. The number of hydrogen-bond donors (Lipinski definition) is 2. The molecule has 0 radical (unpaired) electrons. The molecule has 4 heteroatoms.